The molecule has 0 amide bonds. The van der Waals surface area contributed by atoms with E-state index in [2.05, 4.69) is 0 Å². The van der Waals surface area contributed by atoms with Gasteiger partial charge < -0.3 is 0 Å². The first-order chi connectivity index (χ1) is 3.07. The SMILES string of the molecule is CC1N(C)S1(=O)=O. The second-order valence-corrected chi connectivity index (χ2v) is 3.95. The normalized spacial score (nSPS) is 46.0. The highest BCUT2D eigenvalue weighted by atomic mass is 32.2. The van der Waals surface area contributed by atoms with E-state index in [0.717, 1.165) is 0 Å². The fraction of sp³-hybridized carbons (Fsp3) is 1.00. The summed E-state index contributed by atoms with van der Waals surface area (Å²) in [5.74, 6) is 0. The van der Waals surface area contributed by atoms with Crippen molar-refractivity contribution >= 4 is 10.0 Å². The molecule has 2 unspecified atom stereocenters. The van der Waals surface area contributed by atoms with Crippen LogP contribution in [0.2, 0.25) is 0 Å². The van der Waals surface area contributed by atoms with Crippen LogP contribution in [0.5, 0.6) is 0 Å². The van der Waals surface area contributed by atoms with Gasteiger partial charge in [0, 0.05) is 7.05 Å². The van der Waals surface area contributed by atoms with Gasteiger partial charge in [-0.25, -0.2) is 8.42 Å². The Bertz CT molecular complexity index is 157. The topological polar surface area (TPSA) is 37.1 Å². The first-order valence-corrected chi connectivity index (χ1v) is 3.54. The molecule has 2 atom stereocenters. The van der Waals surface area contributed by atoms with Gasteiger partial charge in [-0.2, -0.15) is 4.31 Å². The standard InChI is InChI=1S/C3H7NO2S/c1-3-4(2)7(3,5)6/h3H,1-2H3. The highest BCUT2D eigenvalue weighted by molar-refractivity contribution is 7.95. The van der Waals surface area contributed by atoms with Crippen molar-refractivity contribution in [1.29, 1.82) is 0 Å². The number of hydrogen-bond donors (Lipinski definition) is 0. The molecular weight excluding hydrogens is 114 g/mol. The minimum Gasteiger partial charge on any atom is -0.210 e. The molecule has 1 rings (SSSR count). The second kappa shape index (κ2) is 1.00. The van der Waals surface area contributed by atoms with Gasteiger partial charge in [0.2, 0.25) is 10.0 Å². The lowest BCUT2D eigenvalue weighted by Gasteiger charge is -1.68. The quantitative estimate of drug-likeness (QED) is 0.409. The molecule has 3 nitrogen and oxygen atoms in total. The van der Waals surface area contributed by atoms with E-state index in [1.807, 2.05) is 0 Å². The Morgan fingerprint density at radius 3 is 1.71 bits per heavy atom. The Kier molecular flexibility index (Phi) is 0.725. The lowest BCUT2D eigenvalue weighted by molar-refractivity contribution is 0.590. The second-order valence-electron chi connectivity index (χ2n) is 1.66. The molecule has 0 radical (unpaired) electrons. The van der Waals surface area contributed by atoms with Gasteiger partial charge in [-0.15, -0.1) is 0 Å². The molecule has 0 spiro atoms. The molecule has 7 heavy (non-hydrogen) atoms. The smallest absolute Gasteiger partial charge is 0.210 e. The van der Waals surface area contributed by atoms with Crippen LogP contribution in [0.15, 0.2) is 0 Å². The van der Waals surface area contributed by atoms with Crippen molar-refractivity contribution in [2.75, 3.05) is 7.05 Å². The largest absolute Gasteiger partial charge is 0.232 e. The van der Waals surface area contributed by atoms with Crippen molar-refractivity contribution in [1.82, 2.24) is 4.31 Å². The highest BCUT2D eigenvalue weighted by Gasteiger charge is 2.47. The number of nitrogens with zero attached hydrogens (tertiary/aromatic N) is 1. The van der Waals surface area contributed by atoms with Gasteiger partial charge in [-0.3, -0.25) is 0 Å². The number of hydrogen-bond acceptors (Lipinski definition) is 2. The van der Waals surface area contributed by atoms with Crippen molar-refractivity contribution < 1.29 is 8.42 Å². The van der Waals surface area contributed by atoms with Gasteiger partial charge in [0.25, 0.3) is 0 Å². The van der Waals surface area contributed by atoms with E-state index in [1.165, 1.54) is 4.31 Å². The molecule has 1 aliphatic rings. The highest BCUT2D eigenvalue weighted by Crippen LogP contribution is 2.25. The third-order valence-corrected chi connectivity index (χ3v) is 3.38. The monoisotopic (exact) mass is 121 g/mol. The van der Waals surface area contributed by atoms with E-state index >= 15 is 0 Å². The van der Waals surface area contributed by atoms with Crippen LogP contribution < -0.4 is 0 Å². The van der Waals surface area contributed by atoms with Crippen LogP contribution in [0.4, 0.5) is 0 Å². The molecule has 1 fully saturated rings. The van der Waals surface area contributed by atoms with E-state index in [-0.39, 0.29) is 5.37 Å². The van der Waals surface area contributed by atoms with Crippen LogP contribution in [0, 0.1) is 0 Å². The molecule has 0 saturated carbocycles. The first-order valence-electron chi connectivity index (χ1n) is 2.03. The molecular formula is C3H7NO2S. The van der Waals surface area contributed by atoms with Crippen molar-refractivity contribution in [2.24, 2.45) is 0 Å². The van der Waals surface area contributed by atoms with Crippen molar-refractivity contribution in [3.05, 3.63) is 0 Å². The number of rotatable bonds is 0. The van der Waals surface area contributed by atoms with Crippen LogP contribution in [0.1, 0.15) is 6.92 Å². The number of sulfonamides is 1. The van der Waals surface area contributed by atoms with Crippen LogP contribution in [-0.4, -0.2) is 25.1 Å². The zero-order valence-electron chi connectivity index (χ0n) is 4.25. The molecule has 4 heteroatoms. The summed E-state index contributed by atoms with van der Waals surface area (Å²) >= 11 is 0. The predicted molar refractivity (Wildman–Crippen MR) is 26.1 cm³/mol. The maximum absolute atomic E-state index is 10.3. The van der Waals surface area contributed by atoms with Crippen LogP contribution in [0.3, 0.4) is 0 Å². The van der Waals surface area contributed by atoms with Gasteiger partial charge >= 0.3 is 0 Å². The van der Waals surface area contributed by atoms with Crippen molar-refractivity contribution in [3.63, 3.8) is 0 Å². The zero-order chi connectivity index (χ0) is 5.65. The third kappa shape index (κ3) is 0.467. The minimum atomic E-state index is -2.74. The Labute approximate surface area is 43.0 Å². The summed E-state index contributed by atoms with van der Waals surface area (Å²) < 4.78 is 22.0. The van der Waals surface area contributed by atoms with Crippen LogP contribution >= 0.6 is 0 Å². The van der Waals surface area contributed by atoms with Crippen LogP contribution in [-0.2, 0) is 10.0 Å². The van der Waals surface area contributed by atoms with E-state index in [1.54, 1.807) is 14.0 Å². The molecule has 42 valence electrons. The van der Waals surface area contributed by atoms with Gasteiger partial charge in [0.05, 0.1) is 0 Å². The Morgan fingerprint density at radius 1 is 1.57 bits per heavy atom. The third-order valence-electron chi connectivity index (χ3n) is 1.30. The van der Waals surface area contributed by atoms with Crippen molar-refractivity contribution in [2.45, 2.75) is 12.3 Å². The lowest BCUT2D eigenvalue weighted by atomic mass is 10.8. The maximum Gasteiger partial charge on any atom is 0.232 e. The molecule has 1 aliphatic heterocycles. The van der Waals surface area contributed by atoms with Crippen molar-refractivity contribution in [3.8, 4) is 0 Å². The first kappa shape index (κ1) is 5.05. The molecule has 0 aliphatic carbocycles. The molecule has 1 heterocycles. The Morgan fingerprint density at radius 2 is 1.71 bits per heavy atom. The summed E-state index contributed by atoms with van der Waals surface area (Å²) in [4.78, 5) is 0. The van der Waals surface area contributed by atoms with Gasteiger partial charge in [-0.1, -0.05) is 0 Å². The Balaban J connectivity index is 2.92. The Hall–Kier alpha value is -0.0900. The maximum atomic E-state index is 10.3. The summed E-state index contributed by atoms with van der Waals surface area (Å²) in [5.41, 5.74) is 0. The summed E-state index contributed by atoms with van der Waals surface area (Å²) in [5, 5.41) is -0.229. The average Bonchev–Trinajstić information content (AvgIpc) is 1.91. The van der Waals surface area contributed by atoms with Gasteiger partial charge in [0.15, 0.2) is 0 Å². The fourth-order valence-corrected chi connectivity index (χ4v) is 1.47. The summed E-state index contributed by atoms with van der Waals surface area (Å²) in [6, 6.07) is 0. The molecule has 0 aromatic rings. The van der Waals surface area contributed by atoms with E-state index < -0.39 is 10.0 Å². The van der Waals surface area contributed by atoms with Crippen LogP contribution in [0.25, 0.3) is 0 Å². The predicted octanol–water partition coefficient (Wildman–Crippen LogP) is -0.392. The summed E-state index contributed by atoms with van der Waals surface area (Å²) in [7, 11) is -1.17. The summed E-state index contributed by atoms with van der Waals surface area (Å²) in [6.45, 7) is 1.66. The molecule has 0 bridgehead atoms. The lowest BCUT2D eigenvalue weighted by Crippen LogP contribution is -1.85. The van der Waals surface area contributed by atoms with Gasteiger partial charge in [0.1, 0.15) is 5.37 Å². The van der Waals surface area contributed by atoms with E-state index in [9.17, 15) is 8.42 Å². The zero-order valence-corrected chi connectivity index (χ0v) is 5.07. The van der Waals surface area contributed by atoms with E-state index in [0.29, 0.717) is 0 Å². The van der Waals surface area contributed by atoms with Gasteiger partial charge in [-0.05, 0) is 6.92 Å². The minimum absolute atomic E-state index is 0.229. The fourth-order valence-electron chi connectivity index (χ4n) is 0.421. The molecule has 0 aromatic carbocycles. The summed E-state index contributed by atoms with van der Waals surface area (Å²) in [6.07, 6.45) is 0. The molecule has 0 aromatic heterocycles. The molecule has 1 saturated heterocycles. The molecule has 0 N–H and O–H groups in total. The average molecular weight is 121 g/mol. The van der Waals surface area contributed by atoms with E-state index in [4.69, 9.17) is 0 Å².